The van der Waals surface area contributed by atoms with Crippen LogP contribution in [-0.4, -0.2) is 49.1 Å². The average molecular weight is 269 g/mol. The van der Waals surface area contributed by atoms with Gasteiger partial charge in [0.15, 0.2) is 0 Å². The van der Waals surface area contributed by atoms with E-state index in [0.29, 0.717) is 17.9 Å². The third-order valence-corrected chi connectivity index (χ3v) is 3.95. The molecule has 0 aliphatic carbocycles. The number of piperazine rings is 2. The first-order valence-corrected chi connectivity index (χ1v) is 7.83. The Morgan fingerprint density at radius 3 is 2.63 bits per heavy atom. The lowest BCUT2D eigenvalue weighted by Crippen LogP contribution is -2.67. The fourth-order valence-electron chi connectivity index (χ4n) is 3.03. The molecular formula is C15H31N3O. The number of nitrogens with zero attached hydrogens (tertiary/aromatic N) is 1. The van der Waals surface area contributed by atoms with Gasteiger partial charge in [-0.2, -0.15) is 0 Å². The van der Waals surface area contributed by atoms with Crippen molar-refractivity contribution >= 4 is 5.91 Å². The molecule has 0 aromatic carbocycles. The molecule has 0 radical (unpaired) electrons. The van der Waals surface area contributed by atoms with Crippen molar-refractivity contribution in [1.29, 1.82) is 0 Å². The average Bonchev–Trinajstić information content (AvgIpc) is 2.40. The first-order valence-electron chi connectivity index (χ1n) is 7.83. The molecule has 0 aromatic heterocycles. The van der Waals surface area contributed by atoms with Gasteiger partial charge in [0, 0.05) is 32.2 Å². The van der Waals surface area contributed by atoms with Gasteiger partial charge in [-0.3, -0.25) is 9.69 Å². The van der Waals surface area contributed by atoms with Crippen LogP contribution in [0.2, 0.25) is 0 Å². The van der Waals surface area contributed by atoms with Crippen LogP contribution in [-0.2, 0) is 4.79 Å². The van der Waals surface area contributed by atoms with Crippen LogP contribution >= 0.6 is 0 Å². The van der Waals surface area contributed by atoms with Gasteiger partial charge in [-0.25, -0.2) is 0 Å². The van der Waals surface area contributed by atoms with E-state index in [4.69, 9.17) is 0 Å². The second-order valence-corrected chi connectivity index (χ2v) is 5.94. The third kappa shape index (κ3) is 4.46. The number of hydrogen-bond donors (Lipinski definition) is 2. The van der Waals surface area contributed by atoms with Gasteiger partial charge in [0.25, 0.3) is 0 Å². The predicted octanol–water partition coefficient (Wildman–Crippen LogP) is 1.47. The molecule has 3 atom stereocenters. The first kappa shape index (κ1) is 16.4. The largest absolute Gasteiger partial charge is 0.350 e. The normalized spacial score (nSPS) is 29.1. The summed E-state index contributed by atoms with van der Waals surface area (Å²) in [5.74, 6) is 1.47. The zero-order valence-electron chi connectivity index (χ0n) is 13.2. The van der Waals surface area contributed by atoms with Gasteiger partial charge in [0.1, 0.15) is 6.04 Å². The molecule has 2 rings (SSSR count). The highest BCUT2D eigenvalue weighted by Gasteiger charge is 2.37. The Labute approximate surface area is 118 Å². The fraction of sp³-hybridized carbons (Fsp3) is 0.933. The number of amides is 1. The molecule has 2 heterocycles. The maximum Gasteiger partial charge on any atom is 0.238 e. The summed E-state index contributed by atoms with van der Waals surface area (Å²) < 4.78 is 0. The van der Waals surface area contributed by atoms with Gasteiger partial charge in [-0.15, -0.1) is 0 Å². The van der Waals surface area contributed by atoms with E-state index in [0.717, 1.165) is 26.2 Å². The van der Waals surface area contributed by atoms with Gasteiger partial charge in [-0.1, -0.05) is 34.6 Å². The summed E-state index contributed by atoms with van der Waals surface area (Å²) in [6.45, 7) is 14.6. The monoisotopic (exact) mass is 269 g/mol. The van der Waals surface area contributed by atoms with Crippen molar-refractivity contribution in [3.05, 3.63) is 0 Å². The highest BCUT2D eigenvalue weighted by atomic mass is 16.2. The summed E-state index contributed by atoms with van der Waals surface area (Å²) in [6.07, 6.45) is 1.18. The SMILES string of the molecule is CC.CC(C)CC(C)C1CN2CCNCC2C(=O)N1. The highest BCUT2D eigenvalue weighted by Crippen LogP contribution is 2.20. The van der Waals surface area contributed by atoms with E-state index >= 15 is 0 Å². The van der Waals surface area contributed by atoms with Crippen molar-refractivity contribution in [3.63, 3.8) is 0 Å². The summed E-state index contributed by atoms with van der Waals surface area (Å²) in [5, 5.41) is 6.49. The van der Waals surface area contributed by atoms with Gasteiger partial charge in [-0.05, 0) is 18.3 Å². The Balaban J connectivity index is 0.000000861. The molecule has 2 aliphatic rings. The molecule has 4 nitrogen and oxygen atoms in total. The maximum atomic E-state index is 12.0. The van der Waals surface area contributed by atoms with Crippen molar-refractivity contribution in [2.24, 2.45) is 11.8 Å². The minimum atomic E-state index is 0.0613. The minimum Gasteiger partial charge on any atom is -0.350 e. The van der Waals surface area contributed by atoms with Gasteiger partial charge in [0.2, 0.25) is 5.91 Å². The van der Waals surface area contributed by atoms with Crippen LogP contribution in [0.25, 0.3) is 0 Å². The summed E-state index contributed by atoms with van der Waals surface area (Å²) in [7, 11) is 0. The minimum absolute atomic E-state index is 0.0613. The summed E-state index contributed by atoms with van der Waals surface area (Å²) in [5.41, 5.74) is 0. The van der Waals surface area contributed by atoms with Gasteiger partial charge >= 0.3 is 0 Å². The topological polar surface area (TPSA) is 44.4 Å². The molecule has 0 spiro atoms. The molecule has 0 bridgehead atoms. The van der Waals surface area contributed by atoms with Crippen LogP contribution in [0, 0.1) is 11.8 Å². The van der Waals surface area contributed by atoms with Crippen LogP contribution in [0.15, 0.2) is 0 Å². The van der Waals surface area contributed by atoms with Crippen molar-refractivity contribution < 1.29 is 4.79 Å². The Kier molecular flexibility index (Phi) is 6.80. The van der Waals surface area contributed by atoms with E-state index in [-0.39, 0.29) is 11.9 Å². The van der Waals surface area contributed by atoms with Gasteiger partial charge < -0.3 is 10.6 Å². The van der Waals surface area contributed by atoms with Crippen LogP contribution in [0.3, 0.4) is 0 Å². The Morgan fingerprint density at radius 2 is 2.00 bits per heavy atom. The number of fused-ring (bicyclic) bond motifs is 1. The Morgan fingerprint density at radius 1 is 1.32 bits per heavy atom. The molecule has 0 saturated carbocycles. The lowest BCUT2D eigenvalue weighted by Gasteiger charge is -2.44. The molecular weight excluding hydrogens is 238 g/mol. The number of carbonyl (C=O) groups excluding carboxylic acids is 1. The van der Waals surface area contributed by atoms with Crippen LogP contribution < -0.4 is 10.6 Å². The summed E-state index contributed by atoms with van der Waals surface area (Å²) >= 11 is 0. The number of hydrogen-bond acceptors (Lipinski definition) is 3. The molecule has 0 aromatic rings. The van der Waals surface area contributed by atoms with E-state index in [1.54, 1.807) is 0 Å². The predicted molar refractivity (Wildman–Crippen MR) is 80.1 cm³/mol. The molecule has 19 heavy (non-hydrogen) atoms. The smallest absolute Gasteiger partial charge is 0.238 e. The van der Waals surface area contributed by atoms with Crippen molar-refractivity contribution in [1.82, 2.24) is 15.5 Å². The molecule has 2 saturated heterocycles. The molecule has 4 heteroatoms. The molecule has 2 N–H and O–H groups in total. The summed E-state index contributed by atoms with van der Waals surface area (Å²) in [6, 6.07) is 0.394. The van der Waals surface area contributed by atoms with Crippen molar-refractivity contribution in [2.45, 2.75) is 53.1 Å². The fourth-order valence-corrected chi connectivity index (χ4v) is 3.03. The quantitative estimate of drug-likeness (QED) is 0.815. The molecule has 3 unspecified atom stereocenters. The van der Waals surface area contributed by atoms with E-state index in [9.17, 15) is 4.79 Å². The second kappa shape index (κ2) is 7.85. The number of rotatable bonds is 3. The summed E-state index contributed by atoms with van der Waals surface area (Å²) in [4.78, 5) is 14.4. The zero-order chi connectivity index (χ0) is 14.4. The van der Waals surface area contributed by atoms with Crippen LogP contribution in [0.5, 0.6) is 0 Å². The number of nitrogens with one attached hydrogen (secondary N) is 2. The van der Waals surface area contributed by atoms with E-state index in [1.807, 2.05) is 13.8 Å². The van der Waals surface area contributed by atoms with E-state index < -0.39 is 0 Å². The molecule has 1 amide bonds. The highest BCUT2D eigenvalue weighted by molar-refractivity contribution is 5.83. The maximum absolute atomic E-state index is 12.0. The first-order chi connectivity index (χ1) is 9.08. The second-order valence-electron chi connectivity index (χ2n) is 5.94. The van der Waals surface area contributed by atoms with Crippen molar-refractivity contribution in [3.8, 4) is 0 Å². The lowest BCUT2D eigenvalue weighted by molar-refractivity contribution is -0.132. The standard InChI is InChI=1S/C13H25N3O.C2H6/c1-9(2)6-10(3)11-8-16-5-4-14-7-12(16)13(17)15-11;1-2/h9-12,14H,4-8H2,1-3H3,(H,15,17);1-2H3. The van der Waals surface area contributed by atoms with E-state index in [1.165, 1.54) is 6.42 Å². The van der Waals surface area contributed by atoms with Crippen LogP contribution in [0.4, 0.5) is 0 Å². The molecule has 112 valence electrons. The molecule has 2 fully saturated rings. The zero-order valence-corrected chi connectivity index (χ0v) is 13.2. The lowest BCUT2D eigenvalue weighted by atomic mass is 9.89. The van der Waals surface area contributed by atoms with Crippen LogP contribution in [0.1, 0.15) is 41.0 Å². The Bertz CT molecular complexity index is 281. The third-order valence-electron chi connectivity index (χ3n) is 3.95. The Hall–Kier alpha value is -0.610. The molecule has 2 aliphatic heterocycles. The van der Waals surface area contributed by atoms with Gasteiger partial charge in [0.05, 0.1) is 0 Å². The van der Waals surface area contributed by atoms with Crippen molar-refractivity contribution in [2.75, 3.05) is 26.2 Å². The number of carbonyl (C=O) groups is 1. The van der Waals surface area contributed by atoms with E-state index in [2.05, 4.69) is 36.3 Å².